The van der Waals surface area contributed by atoms with Gasteiger partial charge in [0.2, 0.25) is 0 Å². The lowest BCUT2D eigenvalue weighted by Gasteiger charge is -2.55. The molecule has 0 aromatic heterocycles. The van der Waals surface area contributed by atoms with E-state index in [0.29, 0.717) is 12.1 Å². The molecule has 1 aliphatic heterocycles. The number of likely N-dealkylation sites (N-methyl/N-ethyl adjacent to an activating group) is 1. The van der Waals surface area contributed by atoms with Crippen molar-refractivity contribution in [3.8, 4) is 0 Å². The van der Waals surface area contributed by atoms with Gasteiger partial charge in [-0.05, 0) is 59.7 Å². The molecule has 0 amide bonds. The van der Waals surface area contributed by atoms with Crippen molar-refractivity contribution in [2.45, 2.75) is 65.5 Å². The zero-order chi connectivity index (χ0) is 19.7. The predicted octanol–water partition coefficient (Wildman–Crippen LogP) is 2.78. The van der Waals surface area contributed by atoms with Crippen molar-refractivity contribution < 1.29 is 4.74 Å². The Bertz CT molecular complexity index is 458. The van der Waals surface area contributed by atoms with Crippen LogP contribution in [-0.4, -0.2) is 87.4 Å². The zero-order valence-corrected chi connectivity index (χ0v) is 21.1. The summed E-state index contributed by atoms with van der Waals surface area (Å²) in [5.74, 6) is 0.968. The van der Waals surface area contributed by atoms with Crippen molar-refractivity contribution in [3.05, 3.63) is 0 Å². The number of guanidine groups is 1. The van der Waals surface area contributed by atoms with Crippen LogP contribution in [0.1, 0.15) is 53.4 Å². The fourth-order valence-electron chi connectivity index (χ4n) is 4.70. The molecule has 2 aliphatic rings. The third kappa shape index (κ3) is 6.71. The van der Waals surface area contributed by atoms with Gasteiger partial charge < -0.3 is 25.2 Å². The molecule has 1 aliphatic carbocycles. The first-order valence-electron chi connectivity index (χ1n) is 11.2. The topological polar surface area (TPSA) is 52.1 Å². The van der Waals surface area contributed by atoms with Crippen LogP contribution in [0.2, 0.25) is 0 Å². The maximum absolute atomic E-state index is 6.02. The molecular weight excluding hydrogens is 465 g/mol. The van der Waals surface area contributed by atoms with E-state index in [9.17, 15) is 0 Å². The highest BCUT2D eigenvalue weighted by atomic mass is 127. The highest BCUT2D eigenvalue weighted by Crippen LogP contribution is 2.48. The summed E-state index contributed by atoms with van der Waals surface area (Å²) >= 11 is 0. The molecule has 7 heteroatoms. The van der Waals surface area contributed by atoms with Gasteiger partial charge in [0.1, 0.15) is 0 Å². The average Bonchev–Trinajstić information content (AvgIpc) is 2.86. The fraction of sp³-hybridized carbons (Fsp3) is 0.952. The standard InChI is InChI=1S/C21H43N5O.HI/c1-6-21(7-2)18(17-19(21)27-9-4)24-20(22-8-3)23-11-14-26-13-10-12-25(5)15-16-26;/h18-19H,6-17H2,1-5H3,(H2,22,23,24);1H. The number of nitrogens with zero attached hydrogens (tertiary/aromatic N) is 3. The highest BCUT2D eigenvalue weighted by Gasteiger charge is 2.53. The third-order valence-corrected chi connectivity index (χ3v) is 6.62. The molecule has 28 heavy (non-hydrogen) atoms. The summed E-state index contributed by atoms with van der Waals surface area (Å²) in [5, 5.41) is 7.17. The zero-order valence-electron chi connectivity index (χ0n) is 18.8. The van der Waals surface area contributed by atoms with E-state index in [1.54, 1.807) is 0 Å². The molecule has 0 aromatic carbocycles. The number of nitrogens with one attached hydrogen (secondary N) is 2. The summed E-state index contributed by atoms with van der Waals surface area (Å²) in [5.41, 5.74) is 0.238. The molecule has 2 N–H and O–H groups in total. The van der Waals surface area contributed by atoms with Gasteiger partial charge in [-0.25, -0.2) is 0 Å². The summed E-state index contributed by atoms with van der Waals surface area (Å²) < 4.78 is 6.02. The van der Waals surface area contributed by atoms with E-state index in [1.165, 1.54) is 26.1 Å². The van der Waals surface area contributed by atoms with Crippen molar-refractivity contribution in [2.24, 2.45) is 10.4 Å². The minimum absolute atomic E-state index is 0. The molecule has 2 fully saturated rings. The Morgan fingerprint density at radius 1 is 1.11 bits per heavy atom. The van der Waals surface area contributed by atoms with Gasteiger partial charge in [-0.15, -0.1) is 24.0 Å². The minimum Gasteiger partial charge on any atom is -0.378 e. The Balaban J connectivity index is 0.00000392. The summed E-state index contributed by atoms with van der Waals surface area (Å²) in [6, 6.07) is 0.452. The van der Waals surface area contributed by atoms with E-state index < -0.39 is 0 Å². The van der Waals surface area contributed by atoms with Crippen LogP contribution in [0.15, 0.2) is 4.99 Å². The molecule has 2 rings (SSSR count). The first-order chi connectivity index (χ1) is 13.1. The van der Waals surface area contributed by atoms with Gasteiger partial charge in [-0.2, -0.15) is 0 Å². The van der Waals surface area contributed by atoms with E-state index in [1.807, 2.05) is 0 Å². The van der Waals surface area contributed by atoms with Gasteiger partial charge in [0.15, 0.2) is 5.96 Å². The molecular formula is C21H44IN5O. The molecule has 6 nitrogen and oxygen atoms in total. The fourth-order valence-corrected chi connectivity index (χ4v) is 4.70. The van der Waals surface area contributed by atoms with Crippen LogP contribution in [0.5, 0.6) is 0 Å². The molecule has 1 saturated carbocycles. The Morgan fingerprint density at radius 2 is 1.86 bits per heavy atom. The quantitative estimate of drug-likeness (QED) is 0.285. The molecule has 0 spiro atoms. The number of halogens is 1. The van der Waals surface area contributed by atoms with Gasteiger partial charge >= 0.3 is 0 Å². The molecule has 0 bridgehead atoms. The first kappa shape index (κ1) is 25.9. The van der Waals surface area contributed by atoms with Gasteiger partial charge in [0.05, 0.1) is 12.6 Å². The predicted molar refractivity (Wildman–Crippen MR) is 130 cm³/mol. The second-order valence-corrected chi connectivity index (χ2v) is 8.08. The SMILES string of the molecule is CCNC(=NCCN1CCCN(C)CC1)NC1CC(OCC)C1(CC)CC.I. The minimum atomic E-state index is 0. The monoisotopic (exact) mass is 509 g/mol. The Labute approximate surface area is 190 Å². The molecule has 0 aromatic rings. The lowest BCUT2D eigenvalue weighted by atomic mass is 9.58. The molecule has 0 radical (unpaired) electrons. The van der Waals surface area contributed by atoms with Crippen LogP contribution >= 0.6 is 24.0 Å². The number of ether oxygens (including phenoxy) is 1. The number of hydrogen-bond acceptors (Lipinski definition) is 4. The van der Waals surface area contributed by atoms with Gasteiger partial charge in [-0.1, -0.05) is 13.8 Å². The van der Waals surface area contributed by atoms with Crippen LogP contribution in [0.4, 0.5) is 0 Å². The van der Waals surface area contributed by atoms with E-state index in [0.717, 1.165) is 58.0 Å². The van der Waals surface area contributed by atoms with Crippen molar-refractivity contribution in [1.82, 2.24) is 20.4 Å². The van der Waals surface area contributed by atoms with Crippen LogP contribution in [0.3, 0.4) is 0 Å². The maximum atomic E-state index is 6.02. The van der Waals surface area contributed by atoms with E-state index in [2.05, 4.69) is 55.2 Å². The van der Waals surface area contributed by atoms with E-state index in [4.69, 9.17) is 9.73 Å². The van der Waals surface area contributed by atoms with Crippen molar-refractivity contribution in [2.75, 3.05) is 59.5 Å². The van der Waals surface area contributed by atoms with Crippen LogP contribution < -0.4 is 10.6 Å². The molecule has 1 saturated heterocycles. The number of rotatable bonds is 9. The summed E-state index contributed by atoms with van der Waals surface area (Å²) in [7, 11) is 2.22. The first-order valence-corrected chi connectivity index (χ1v) is 11.2. The maximum Gasteiger partial charge on any atom is 0.191 e. The molecule has 2 atom stereocenters. The van der Waals surface area contributed by atoms with Crippen molar-refractivity contribution in [3.63, 3.8) is 0 Å². The highest BCUT2D eigenvalue weighted by molar-refractivity contribution is 14.0. The van der Waals surface area contributed by atoms with E-state index in [-0.39, 0.29) is 29.4 Å². The van der Waals surface area contributed by atoms with Crippen LogP contribution in [0.25, 0.3) is 0 Å². The van der Waals surface area contributed by atoms with Gasteiger partial charge in [0.25, 0.3) is 0 Å². The third-order valence-electron chi connectivity index (χ3n) is 6.62. The summed E-state index contributed by atoms with van der Waals surface area (Å²) in [6.45, 7) is 17.2. The second-order valence-electron chi connectivity index (χ2n) is 8.08. The summed E-state index contributed by atoms with van der Waals surface area (Å²) in [4.78, 5) is 9.86. The Kier molecular flexibility index (Phi) is 12.3. The van der Waals surface area contributed by atoms with Gasteiger partial charge in [-0.3, -0.25) is 4.99 Å². The second kappa shape index (κ2) is 13.2. The number of aliphatic imine (C=N–C) groups is 1. The average molecular weight is 510 g/mol. The van der Waals surface area contributed by atoms with Crippen molar-refractivity contribution in [1.29, 1.82) is 0 Å². The summed E-state index contributed by atoms with van der Waals surface area (Å²) in [6.07, 6.45) is 5.01. The lowest BCUT2D eigenvalue weighted by molar-refractivity contribution is -0.133. The molecule has 2 unspecified atom stereocenters. The lowest BCUT2D eigenvalue weighted by Crippen LogP contribution is -2.65. The normalized spacial score (nSPS) is 26.1. The number of hydrogen-bond donors (Lipinski definition) is 2. The van der Waals surface area contributed by atoms with Crippen molar-refractivity contribution >= 4 is 29.9 Å². The Hall–Kier alpha value is -0.120. The van der Waals surface area contributed by atoms with Crippen LogP contribution in [-0.2, 0) is 4.74 Å². The van der Waals surface area contributed by atoms with Gasteiger partial charge in [0, 0.05) is 44.2 Å². The Morgan fingerprint density at radius 3 is 2.50 bits per heavy atom. The van der Waals surface area contributed by atoms with Crippen LogP contribution in [0, 0.1) is 5.41 Å². The molecule has 166 valence electrons. The largest absolute Gasteiger partial charge is 0.378 e. The smallest absolute Gasteiger partial charge is 0.191 e. The van der Waals surface area contributed by atoms with E-state index >= 15 is 0 Å². The molecule has 1 heterocycles.